The maximum atomic E-state index is 14.4. The normalized spacial score (nSPS) is 21.8. The first kappa shape index (κ1) is 21.1. The summed E-state index contributed by atoms with van der Waals surface area (Å²) in [7, 11) is 0. The number of H-pyrrole nitrogens is 1. The number of fused-ring (bicyclic) bond motifs is 1. The summed E-state index contributed by atoms with van der Waals surface area (Å²) in [5.41, 5.74) is 1.59. The van der Waals surface area contributed by atoms with Gasteiger partial charge in [-0.1, -0.05) is 0 Å². The molecule has 1 aromatic heterocycles. The molecule has 5 rings (SSSR count). The number of hydrogen-bond donors (Lipinski definition) is 3. The summed E-state index contributed by atoms with van der Waals surface area (Å²) in [6, 6.07) is 8.05. The Morgan fingerprint density at radius 1 is 1.09 bits per heavy atom. The smallest absolute Gasteiger partial charge is 0.223 e. The summed E-state index contributed by atoms with van der Waals surface area (Å²) < 4.78 is 41.8. The highest BCUT2D eigenvalue weighted by atomic mass is 19.1. The van der Waals surface area contributed by atoms with Crippen LogP contribution >= 0.6 is 0 Å². The Kier molecular flexibility index (Phi) is 5.24. The van der Waals surface area contributed by atoms with Gasteiger partial charge in [-0.3, -0.25) is 4.79 Å². The Morgan fingerprint density at radius 2 is 1.81 bits per heavy atom. The summed E-state index contributed by atoms with van der Waals surface area (Å²) in [5, 5.41) is 13.5. The molecule has 4 nitrogen and oxygen atoms in total. The summed E-state index contributed by atoms with van der Waals surface area (Å²) in [6.07, 6.45) is 4.35. The molecule has 2 aliphatic carbocycles. The van der Waals surface area contributed by atoms with Crippen LogP contribution in [-0.2, 0) is 11.2 Å². The second kappa shape index (κ2) is 7.96. The number of aromatic amines is 1. The van der Waals surface area contributed by atoms with Crippen molar-refractivity contribution in [2.24, 2.45) is 11.8 Å². The van der Waals surface area contributed by atoms with E-state index in [1.54, 1.807) is 12.1 Å². The highest BCUT2D eigenvalue weighted by Crippen LogP contribution is 2.41. The fraction of sp³-hybridized carbons (Fsp3) is 0.400. The van der Waals surface area contributed by atoms with Gasteiger partial charge in [0.15, 0.2) is 0 Å². The lowest BCUT2D eigenvalue weighted by atomic mass is 9.71. The van der Waals surface area contributed by atoms with Crippen molar-refractivity contribution in [3.63, 3.8) is 0 Å². The molecule has 7 heteroatoms. The van der Waals surface area contributed by atoms with E-state index in [1.165, 1.54) is 18.2 Å². The zero-order valence-electron chi connectivity index (χ0n) is 17.6. The Bertz CT molecular complexity index is 1160. The van der Waals surface area contributed by atoms with Crippen molar-refractivity contribution in [1.29, 1.82) is 0 Å². The average molecular weight is 442 g/mol. The maximum Gasteiger partial charge on any atom is 0.223 e. The van der Waals surface area contributed by atoms with Crippen LogP contribution < -0.4 is 5.32 Å². The van der Waals surface area contributed by atoms with Gasteiger partial charge in [0.05, 0.1) is 11.1 Å². The van der Waals surface area contributed by atoms with Crippen molar-refractivity contribution in [3.8, 4) is 11.3 Å². The molecular formula is C25H25F3N2O2. The van der Waals surface area contributed by atoms with E-state index in [1.807, 2.05) is 0 Å². The number of rotatable bonds is 6. The average Bonchev–Trinajstić information content (AvgIpc) is 3.06. The van der Waals surface area contributed by atoms with Crippen LogP contribution in [0.2, 0.25) is 0 Å². The first-order valence-electron chi connectivity index (χ1n) is 11.1. The second-order valence-corrected chi connectivity index (χ2v) is 9.33. The van der Waals surface area contributed by atoms with E-state index in [-0.39, 0.29) is 29.1 Å². The number of carbonyl (C=O) groups is 1. The number of aliphatic hydroxyl groups is 1. The summed E-state index contributed by atoms with van der Waals surface area (Å²) in [6.45, 7) is 0.294. The predicted octanol–water partition coefficient (Wildman–Crippen LogP) is 4.85. The molecule has 0 radical (unpaired) electrons. The van der Waals surface area contributed by atoms with Gasteiger partial charge in [0.1, 0.15) is 17.5 Å². The Labute approximate surface area is 183 Å². The van der Waals surface area contributed by atoms with Gasteiger partial charge in [0.2, 0.25) is 5.91 Å². The SMILES string of the molecule is O=C(NCC1(O)CCC1)C1CC(Cc2c(-c3ccc(F)cc3)[nH]c3c(F)cc(F)cc23)C1. The Morgan fingerprint density at radius 3 is 2.47 bits per heavy atom. The first-order valence-corrected chi connectivity index (χ1v) is 11.1. The van der Waals surface area contributed by atoms with Crippen molar-refractivity contribution in [1.82, 2.24) is 10.3 Å². The lowest BCUT2D eigenvalue weighted by Crippen LogP contribution is -2.50. The van der Waals surface area contributed by atoms with E-state index in [0.717, 1.165) is 30.9 Å². The highest BCUT2D eigenvalue weighted by Gasteiger charge is 2.38. The standard InChI is InChI=1S/C25H25F3N2O2/c26-17-4-2-15(3-5-17)22-19(20-11-18(27)12-21(28)23(20)30-22)10-14-8-16(9-14)24(31)29-13-25(32)6-1-7-25/h2-5,11-12,14,16,30,32H,1,6-10,13H2,(H,29,31). The molecule has 0 spiro atoms. The molecule has 0 saturated heterocycles. The van der Waals surface area contributed by atoms with Gasteiger partial charge >= 0.3 is 0 Å². The van der Waals surface area contributed by atoms with Crippen LogP contribution in [0.15, 0.2) is 36.4 Å². The molecule has 0 bridgehead atoms. The van der Waals surface area contributed by atoms with Crippen LogP contribution in [0, 0.1) is 29.3 Å². The fourth-order valence-corrected chi connectivity index (χ4v) is 4.91. The van der Waals surface area contributed by atoms with Crippen molar-refractivity contribution in [2.45, 2.75) is 44.1 Å². The van der Waals surface area contributed by atoms with Crippen LogP contribution in [0.4, 0.5) is 13.2 Å². The van der Waals surface area contributed by atoms with Crippen molar-refractivity contribution >= 4 is 16.8 Å². The van der Waals surface area contributed by atoms with Gasteiger partial charge in [-0.2, -0.15) is 0 Å². The van der Waals surface area contributed by atoms with Gasteiger partial charge in [-0.15, -0.1) is 0 Å². The fourth-order valence-electron chi connectivity index (χ4n) is 4.91. The monoisotopic (exact) mass is 442 g/mol. The molecule has 0 atom stereocenters. The zero-order chi connectivity index (χ0) is 22.5. The van der Waals surface area contributed by atoms with Gasteiger partial charge in [0.25, 0.3) is 0 Å². The summed E-state index contributed by atoms with van der Waals surface area (Å²) >= 11 is 0. The van der Waals surface area contributed by atoms with Gasteiger partial charge in [-0.05, 0) is 85.9 Å². The topological polar surface area (TPSA) is 65.1 Å². The summed E-state index contributed by atoms with van der Waals surface area (Å²) in [5.74, 6) is -1.66. The number of aromatic nitrogens is 1. The molecule has 168 valence electrons. The van der Waals surface area contributed by atoms with E-state index in [0.29, 0.717) is 42.5 Å². The number of benzene rings is 2. The molecule has 3 aromatic rings. The van der Waals surface area contributed by atoms with E-state index in [2.05, 4.69) is 10.3 Å². The molecule has 2 saturated carbocycles. The minimum Gasteiger partial charge on any atom is -0.388 e. The first-order chi connectivity index (χ1) is 15.3. The van der Waals surface area contributed by atoms with E-state index < -0.39 is 17.2 Å². The lowest BCUT2D eigenvalue weighted by Gasteiger charge is -2.39. The predicted molar refractivity (Wildman–Crippen MR) is 115 cm³/mol. The zero-order valence-corrected chi connectivity index (χ0v) is 17.6. The van der Waals surface area contributed by atoms with Crippen molar-refractivity contribution in [3.05, 3.63) is 59.4 Å². The second-order valence-electron chi connectivity index (χ2n) is 9.33. The number of amides is 1. The van der Waals surface area contributed by atoms with Crippen LogP contribution in [-0.4, -0.2) is 28.1 Å². The Hall–Kier alpha value is -2.80. The molecular weight excluding hydrogens is 417 g/mol. The molecule has 3 N–H and O–H groups in total. The minimum atomic E-state index is -0.749. The van der Waals surface area contributed by atoms with E-state index >= 15 is 0 Å². The third-order valence-electron chi connectivity index (χ3n) is 7.04. The van der Waals surface area contributed by atoms with Gasteiger partial charge in [-0.25, -0.2) is 13.2 Å². The van der Waals surface area contributed by atoms with Crippen LogP contribution in [0.1, 0.15) is 37.7 Å². The largest absolute Gasteiger partial charge is 0.388 e. The molecule has 1 amide bonds. The van der Waals surface area contributed by atoms with Crippen molar-refractivity contribution in [2.75, 3.05) is 6.54 Å². The number of nitrogens with one attached hydrogen (secondary N) is 2. The third-order valence-corrected chi connectivity index (χ3v) is 7.04. The van der Waals surface area contributed by atoms with Crippen LogP contribution in [0.3, 0.4) is 0 Å². The highest BCUT2D eigenvalue weighted by molar-refractivity contribution is 5.91. The van der Waals surface area contributed by atoms with E-state index in [9.17, 15) is 23.1 Å². The quantitative estimate of drug-likeness (QED) is 0.511. The lowest BCUT2D eigenvalue weighted by molar-refractivity contribution is -0.131. The number of hydrogen-bond acceptors (Lipinski definition) is 2. The summed E-state index contributed by atoms with van der Waals surface area (Å²) in [4.78, 5) is 15.5. The van der Waals surface area contributed by atoms with Gasteiger partial charge in [0, 0.05) is 29.6 Å². The van der Waals surface area contributed by atoms with Crippen LogP contribution in [0.5, 0.6) is 0 Å². The molecule has 2 fully saturated rings. The molecule has 0 aliphatic heterocycles. The van der Waals surface area contributed by atoms with Gasteiger partial charge < -0.3 is 15.4 Å². The number of carbonyl (C=O) groups excluding carboxylic acids is 1. The van der Waals surface area contributed by atoms with Crippen molar-refractivity contribution < 1.29 is 23.1 Å². The van der Waals surface area contributed by atoms with E-state index in [4.69, 9.17) is 0 Å². The Balaban J connectivity index is 1.34. The minimum absolute atomic E-state index is 0.0450. The molecule has 32 heavy (non-hydrogen) atoms. The molecule has 2 aromatic carbocycles. The molecule has 0 unspecified atom stereocenters. The molecule has 2 aliphatic rings. The third kappa shape index (κ3) is 3.90. The number of halogens is 3. The van der Waals surface area contributed by atoms with Crippen LogP contribution in [0.25, 0.3) is 22.2 Å². The molecule has 1 heterocycles. The maximum absolute atomic E-state index is 14.4.